The molecular weight excluding hydrogens is 236 g/mol. The number of benzene rings is 1. The fraction of sp³-hybridized carbons (Fsp3) is 0.308. The van der Waals surface area contributed by atoms with Crippen molar-refractivity contribution in [1.29, 1.82) is 0 Å². The average Bonchev–Trinajstić information content (AvgIpc) is 2.84. The van der Waals surface area contributed by atoms with Gasteiger partial charge in [-0.1, -0.05) is 12.6 Å². The standard InChI is InChI=1S/C13H14O5/c1-3-16-13(15)8(2)12(14)9-4-5-10-11(6-9)18-7-17-10/h4-6,12,14H,2-3,7H2,1H3. The van der Waals surface area contributed by atoms with Gasteiger partial charge in [-0.15, -0.1) is 0 Å². The van der Waals surface area contributed by atoms with E-state index in [0.717, 1.165) is 0 Å². The van der Waals surface area contributed by atoms with Crippen LogP contribution in [-0.4, -0.2) is 24.5 Å². The van der Waals surface area contributed by atoms with E-state index in [4.69, 9.17) is 14.2 Å². The minimum Gasteiger partial charge on any atom is -0.463 e. The Bertz CT molecular complexity index is 480. The van der Waals surface area contributed by atoms with E-state index >= 15 is 0 Å². The maximum absolute atomic E-state index is 11.5. The molecule has 1 aliphatic rings. The summed E-state index contributed by atoms with van der Waals surface area (Å²) < 4.78 is 15.1. The number of aliphatic hydroxyl groups excluding tert-OH is 1. The van der Waals surface area contributed by atoms with Crippen molar-refractivity contribution in [3.8, 4) is 11.5 Å². The van der Waals surface area contributed by atoms with Crippen molar-refractivity contribution in [3.05, 3.63) is 35.9 Å². The number of carbonyl (C=O) groups excluding carboxylic acids is 1. The summed E-state index contributed by atoms with van der Waals surface area (Å²) in [5.41, 5.74) is 0.507. The first-order valence-corrected chi connectivity index (χ1v) is 5.57. The summed E-state index contributed by atoms with van der Waals surface area (Å²) in [6.07, 6.45) is -1.11. The number of hydrogen-bond donors (Lipinski definition) is 1. The van der Waals surface area contributed by atoms with Crippen molar-refractivity contribution < 1.29 is 24.1 Å². The van der Waals surface area contributed by atoms with Gasteiger partial charge in [-0.2, -0.15) is 0 Å². The normalized spacial score (nSPS) is 14.1. The van der Waals surface area contributed by atoms with Crippen LogP contribution in [-0.2, 0) is 9.53 Å². The quantitative estimate of drug-likeness (QED) is 0.649. The van der Waals surface area contributed by atoms with Gasteiger partial charge in [0.1, 0.15) is 6.10 Å². The zero-order chi connectivity index (χ0) is 13.1. The van der Waals surface area contributed by atoms with E-state index in [-0.39, 0.29) is 19.0 Å². The predicted octanol–water partition coefficient (Wildman–Crippen LogP) is 1.57. The highest BCUT2D eigenvalue weighted by Crippen LogP contribution is 2.35. The Balaban J connectivity index is 2.16. The van der Waals surface area contributed by atoms with E-state index < -0.39 is 12.1 Å². The zero-order valence-electron chi connectivity index (χ0n) is 10.0. The molecule has 0 spiro atoms. The van der Waals surface area contributed by atoms with Gasteiger partial charge in [0.2, 0.25) is 6.79 Å². The van der Waals surface area contributed by atoms with Crippen LogP contribution in [0.5, 0.6) is 11.5 Å². The van der Waals surface area contributed by atoms with Gasteiger partial charge in [0.25, 0.3) is 0 Å². The molecule has 0 fully saturated rings. The molecule has 0 bridgehead atoms. The van der Waals surface area contributed by atoms with Crippen LogP contribution in [0.1, 0.15) is 18.6 Å². The van der Waals surface area contributed by atoms with Crippen LogP contribution in [0.25, 0.3) is 0 Å². The van der Waals surface area contributed by atoms with Gasteiger partial charge in [0.15, 0.2) is 11.5 Å². The van der Waals surface area contributed by atoms with E-state index in [0.29, 0.717) is 17.1 Å². The average molecular weight is 250 g/mol. The molecule has 0 aromatic heterocycles. The fourth-order valence-corrected chi connectivity index (χ4v) is 1.62. The van der Waals surface area contributed by atoms with Crippen molar-refractivity contribution in [1.82, 2.24) is 0 Å². The van der Waals surface area contributed by atoms with Crippen LogP contribution in [0.2, 0.25) is 0 Å². The monoisotopic (exact) mass is 250 g/mol. The van der Waals surface area contributed by atoms with Gasteiger partial charge in [-0.25, -0.2) is 4.79 Å². The van der Waals surface area contributed by atoms with Crippen LogP contribution < -0.4 is 9.47 Å². The SMILES string of the molecule is C=C(C(=O)OCC)C(O)c1ccc2c(c1)OCO2. The van der Waals surface area contributed by atoms with Crippen LogP contribution >= 0.6 is 0 Å². The van der Waals surface area contributed by atoms with Gasteiger partial charge in [-0.05, 0) is 24.6 Å². The second-order valence-electron chi connectivity index (χ2n) is 3.76. The topological polar surface area (TPSA) is 65.0 Å². The van der Waals surface area contributed by atoms with Crippen LogP contribution in [0.4, 0.5) is 0 Å². The summed E-state index contributed by atoms with van der Waals surface area (Å²) in [6, 6.07) is 4.96. The molecule has 0 radical (unpaired) electrons. The number of hydrogen-bond acceptors (Lipinski definition) is 5. The van der Waals surface area contributed by atoms with E-state index in [9.17, 15) is 9.90 Å². The molecule has 0 amide bonds. The molecule has 96 valence electrons. The van der Waals surface area contributed by atoms with Gasteiger partial charge in [0, 0.05) is 0 Å². The molecule has 1 N–H and O–H groups in total. The molecule has 1 atom stereocenters. The van der Waals surface area contributed by atoms with Crippen molar-refractivity contribution in [3.63, 3.8) is 0 Å². The molecule has 0 saturated heterocycles. The lowest BCUT2D eigenvalue weighted by Gasteiger charge is -2.13. The van der Waals surface area contributed by atoms with Crippen LogP contribution in [0.15, 0.2) is 30.4 Å². The van der Waals surface area contributed by atoms with E-state index in [2.05, 4.69) is 6.58 Å². The number of esters is 1. The molecule has 2 rings (SSSR count). The first kappa shape index (κ1) is 12.4. The molecule has 1 unspecified atom stereocenters. The molecule has 0 saturated carbocycles. The zero-order valence-corrected chi connectivity index (χ0v) is 10.0. The van der Waals surface area contributed by atoms with E-state index in [1.54, 1.807) is 25.1 Å². The Labute approximate surface area is 105 Å². The van der Waals surface area contributed by atoms with Gasteiger partial charge < -0.3 is 19.3 Å². The smallest absolute Gasteiger partial charge is 0.336 e. The third-order valence-corrected chi connectivity index (χ3v) is 2.58. The maximum Gasteiger partial charge on any atom is 0.336 e. The highest BCUT2D eigenvalue weighted by molar-refractivity contribution is 5.89. The van der Waals surface area contributed by atoms with Gasteiger partial charge in [0.05, 0.1) is 12.2 Å². The van der Waals surface area contributed by atoms with Gasteiger partial charge in [-0.3, -0.25) is 0 Å². The molecule has 5 nitrogen and oxygen atoms in total. The molecule has 1 aromatic carbocycles. The minimum absolute atomic E-state index is 0.00397. The lowest BCUT2D eigenvalue weighted by molar-refractivity contribution is -0.139. The number of aliphatic hydroxyl groups is 1. The number of carbonyl (C=O) groups is 1. The van der Waals surface area contributed by atoms with Crippen molar-refractivity contribution in [2.45, 2.75) is 13.0 Å². The maximum atomic E-state index is 11.5. The molecule has 1 heterocycles. The Morgan fingerprint density at radius 1 is 1.50 bits per heavy atom. The summed E-state index contributed by atoms with van der Waals surface area (Å²) >= 11 is 0. The third-order valence-electron chi connectivity index (χ3n) is 2.58. The number of rotatable bonds is 4. The predicted molar refractivity (Wildman–Crippen MR) is 63.3 cm³/mol. The van der Waals surface area contributed by atoms with Crippen molar-refractivity contribution in [2.75, 3.05) is 13.4 Å². The Hall–Kier alpha value is -2.01. The second kappa shape index (κ2) is 5.10. The number of fused-ring (bicyclic) bond motifs is 1. The fourth-order valence-electron chi connectivity index (χ4n) is 1.62. The second-order valence-corrected chi connectivity index (χ2v) is 3.76. The van der Waals surface area contributed by atoms with E-state index in [1.807, 2.05) is 0 Å². The molecule has 5 heteroatoms. The Kier molecular flexibility index (Phi) is 3.53. The molecule has 1 aliphatic heterocycles. The van der Waals surface area contributed by atoms with Crippen molar-refractivity contribution in [2.24, 2.45) is 0 Å². The first-order chi connectivity index (χ1) is 8.63. The summed E-state index contributed by atoms with van der Waals surface area (Å²) in [7, 11) is 0. The Morgan fingerprint density at radius 2 is 2.22 bits per heavy atom. The van der Waals surface area contributed by atoms with Crippen LogP contribution in [0.3, 0.4) is 0 Å². The van der Waals surface area contributed by atoms with Gasteiger partial charge >= 0.3 is 5.97 Å². The molecular formula is C13H14O5. The number of ether oxygens (including phenoxy) is 3. The molecule has 1 aromatic rings. The lowest BCUT2D eigenvalue weighted by atomic mass is 10.0. The summed E-state index contributed by atoms with van der Waals surface area (Å²) in [4.78, 5) is 11.5. The highest BCUT2D eigenvalue weighted by atomic mass is 16.7. The molecule has 18 heavy (non-hydrogen) atoms. The lowest BCUT2D eigenvalue weighted by Crippen LogP contribution is -2.13. The van der Waals surface area contributed by atoms with E-state index in [1.165, 1.54) is 0 Å². The minimum atomic E-state index is -1.11. The first-order valence-electron chi connectivity index (χ1n) is 5.57. The summed E-state index contributed by atoms with van der Waals surface area (Å²) in [6.45, 7) is 5.64. The van der Waals surface area contributed by atoms with Crippen molar-refractivity contribution >= 4 is 5.97 Å². The third kappa shape index (κ3) is 2.31. The molecule has 0 aliphatic carbocycles. The summed E-state index contributed by atoms with van der Waals surface area (Å²) in [5.74, 6) is 0.554. The highest BCUT2D eigenvalue weighted by Gasteiger charge is 2.22. The van der Waals surface area contributed by atoms with Crippen LogP contribution in [0, 0.1) is 0 Å². The largest absolute Gasteiger partial charge is 0.463 e. The summed E-state index contributed by atoms with van der Waals surface area (Å²) in [5, 5.41) is 10.0. The Morgan fingerprint density at radius 3 is 2.94 bits per heavy atom.